The first-order valence-corrected chi connectivity index (χ1v) is 7.57. The standard InChI is InChI=1S/C5H8.2ClH.Ru/c1-4-5(2)3;;;/h1,4H,2-3H3;2*1H;/q;;;+2/p-2. The Bertz CT molecular complexity index is 102. The van der Waals surface area contributed by atoms with E-state index >= 15 is 0 Å². The molecule has 0 aromatic carbocycles. The van der Waals surface area contributed by atoms with Crippen LogP contribution in [0.2, 0.25) is 0 Å². The van der Waals surface area contributed by atoms with E-state index in [0.717, 1.165) is 0 Å². The maximum atomic E-state index is 5.53. The van der Waals surface area contributed by atoms with Crippen molar-refractivity contribution in [3.05, 3.63) is 11.6 Å². The molecule has 3 heteroatoms. The van der Waals surface area contributed by atoms with Crippen LogP contribution in [0.3, 0.4) is 0 Å². The molecule has 0 rings (SSSR count). The van der Waals surface area contributed by atoms with Crippen LogP contribution in [0.4, 0.5) is 0 Å². The van der Waals surface area contributed by atoms with Crippen LogP contribution in [0.15, 0.2) is 11.6 Å². The number of halogens is 2. The van der Waals surface area contributed by atoms with E-state index in [2.05, 4.69) is 0 Å². The van der Waals surface area contributed by atoms with Gasteiger partial charge < -0.3 is 0 Å². The summed E-state index contributed by atoms with van der Waals surface area (Å²) in [6, 6.07) is 0. The molecule has 8 heavy (non-hydrogen) atoms. The molecule has 0 heterocycles. The summed E-state index contributed by atoms with van der Waals surface area (Å²) in [5.41, 5.74) is 1.24. The molecule has 0 bridgehead atoms. The Morgan fingerprint density at radius 3 is 2.00 bits per heavy atom. The van der Waals surface area contributed by atoms with Gasteiger partial charge in [-0.15, -0.1) is 0 Å². The van der Waals surface area contributed by atoms with Crippen molar-refractivity contribution in [2.24, 2.45) is 0 Å². The molecule has 0 aliphatic carbocycles. The number of allylic oxidation sites excluding steroid dienone is 2. The normalized spacial score (nSPS) is 10.2. The third-order valence-corrected chi connectivity index (χ3v) is 2.26. The number of hydrogen-bond donors (Lipinski definition) is 0. The van der Waals surface area contributed by atoms with Gasteiger partial charge in [-0.25, -0.2) is 0 Å². The molecule has 0 aliphatic heterocycles. The molecule has 0 spiro atoms. The molecule has 0 amide bonds. The Morgan fingerprint density at radius 2 is 1.88 bits per heavy atom. The summed E-state index contributed by atoms with van der Waals surface area (Å²) in [5, 5.41) is 0. The third kappa shape index (κ3) is 6.81. The monoisotopic (exact) mass is 240 g/mol. The molecule has 0 fully saturated rings. The molecule has 50 valence electrons. The predicted octanol–water partition coefficient (Wildman–Crippen LogP) is 2.68. The van der Waals surface area contributed by atoms with Crippen molar-refractivity contribution < 1.29 is 13.5 Å². The summed E-state index contributed by atoms with van der Waals surface area (Å²) in [4.78, 5) is 0. The molecule has 0 aliphatic rings. The summed E-state index contributed by atoms with van der Waals surface area (Å²) in [7, 11) is 11.1. The van der Waals surface area contributed by atoms with Crippen molar-refractivity contribution in [2.45, 2.75) is 13.8 Å². The van der Waals surface area contributed by atoms with E-state index < -0.39 is 13.5 Å². The topological polar surface area (TPSA) is 0 Å². The van der Waals surface area contributed by atoms with Gasteiger partial charge in [0.2, 0.25) is 0 Å². The maximum absolute atomic E-state index is 5.53. The minimum atomic E-state index is -1.52. The van der Waals surface area contributed by atoms with Gasteiger partial charge in [0.25, 0.3) is 0 Å². The van der Waals surface area contributed by atoms with Crippen LogP contribution in [0.25, 0.3) is 0 Å². The summed E-state index contributed by atoms with van der Waals surface area (Å²) in [5.74, 6) is 0. The number of hydrogen-bond acceptors (Lipinski definition) is 0. The Labute approximate surface area is 63.0 Å². The molecule has 0 atom stereocenters. The first-order valence-electron chi connectivity index (χ1n) is 2.09. The zero-order valence-electron chi connectivity index (χ0n) is 4.76. The van der Waals surface area contributed by atoms with Crippen molar-refractivity contribution >= 4 is 24.0 Å². The van der Waals surface area contributed by atoms with Crippen LogP contribution in [0.1, 0.15) is 13.8 Å². The van der Waals surface area contributed by atoms with Crippen molar-refractivity contribution in [3.8, 4) is 0 Å². The van der Waals surface area contributed by atoms with Crippen LogP contribution in [-0.4, -0.2) is 4.61 Å². The van der Waals surface area contributed by atoms with E-state index in [9.17, 15) is 0 Å². The summed E-state index contributed by atoms with van der Waals surface area (Å²) in [6.45, 7) is 4.03. The Kier molecular flexibility index (Phi) is 5.14. The van der Waals surface area contributed by atoms with Gasteiger partial charge in [0.15, 0.2) is 0 Å². The third-order valence-electron chi connectivity index (χ3n) is 0.481. The summed E-state index contributed by atoms with van der Waals surface area (Å²) >= 11 is -1.52. The zero-order valence-corrected chi connectivity index (χ0v) is 8.01. The minimum absolute atomic E-state index is 1.24. The molecule has 0 aromatic heterocycles. The van der Waals surface area contributed by atoms with Crippen LogP contribution < -0.4 is 0 Å². The van der Waals surface area contributed by atoms with E-state index in [1.165, 1.54) is 5.57 Å². The van der Waals surface area contributed by atoms with Crippen LogP contribution in [-0.2, 0) is 13.5 Å². The van der Waals surface area contributed by atoms with Gasteiger partial charge in [0.05, 0.1) is 0 Å². The fourth-order valence-corrected chi connectivity index (χ4v) is 1.49. The van der Waals surface area contributed by atoms with Crippen molar-refractivity contribution in [3.63, 3.8) is 0 Å². The second kappa shape index (κ2) is 4.67. The molecule has 0 radical (unpaired) electrons. The molecule has 0 saturated heterocycles. The van der Waals surface area contributed by atoms with Crippen molar-refractivity contribution in [2.75, 3.05) is 0 Å². The Morgan fingerprint density at radius 1 is 1.38 bits per heavy atom. The SMILES string of the molecule is CC(C)=C[CH]=[Ru]([Cl])[Cl]. The second-order valence-corrected chi connectivity index (χ2v) is 7.37. The van der Waals surface area contributed by atoms with E-state index in [-0.39, 0.29) is 0 Å². The van der Waals surface area contributed by atoms with E-state index in [0.29, 0.717) is 0 Å². The fourth-order valence-electron chi connectivity index (χ4n) is 0.162. The van der Waals surface area contributed by atoms with Gasteiger partial charge in [-0.05, 0) is 0 Å². The van der Waals surface area contributed by atoms with Gasteiger partial charge in [-0.2, -0.15) is 0 Å². The Balaban J connectivity index is 3.76. The number of rotatable bonds is 1. The average Bonchev–Trinajstić information content (AvgIpc) is 1.61. The van der Waals surface area contributed by atoms with Gasteiger partial charge in [-0.1, -0.05) is 0 Å². The molecular weight excluding hydrogens is 232 g/mol. The van der Waals surface area contributed by atoms with E-state index in [4.69, 9.17) is 19.4 Å². The zero-order chi connectivity index (χ0) is 6.57. The predicted molar refractivity (Wildman–Crippen MR) is 37.2 cm³/mol. The van der Waals surface area contributed by atoms with Crippen LogP contribution in [0, 0.1) is 0 Å². The molecule has 0 nitrogen and oxygen atoms in total. The van der Waals surface area contributed by atoms with Crippen molar-refractivity contribution in [1.29, 1.82) is 0 Å². The van der Waals surface area contributed by atoms with E-state index in [1.807, 2.05) is 24.5 Å². The Hall–Kier alpha value is 0.813. The summed E-state index contributed by atoms with van der Waals surface area (Å²) in [6.07, 6.45) is 1.96. The average molecular weight is 240 g/mol. The summed E-state index contributed by atoms with van der Waals surface area (Å²) < 4.78 is 1.88. The fraction of sp³-hybridized carbons (Fsp3) is 0.400. The molecule has 0 saturated carbocycles. The van der Waals surface area contributed by atoms with Gasteiger partial charge in [0.1, 0.15) is 0 Å². The molecular formula is C5H8Cl2Ru. The van der Waals surface area contributed by atoms with Crippen LogP contribution >= 0.6 is 19.4 Å². The second-order valence-electron chi connectivity index (χ2n) is 1.57. The van der Waals surface area contributed by atoms with Crippen LogP contribution in [0.5, 0.6) is 0 Å². The van der Waals surface area contributed by atoms with Crippen molar-refractivity contribution in [1.82, 2.24) is 0 Å². The quantitative estimate of drug-likeness (QED) is 0.618. The molecule has 0 unspecified atom stereocenters. The molecule has 0 N–H and O–H groups in total. The van der Waals surface area contributed by atoms with Gasteiger partial charge in [-0.3, -0.25) is 0 Å². The van der Waals surface area contributed by atoms with Gasteiger partial charge in [0, 0.05) is 0 Å². The first kappa shape index (κ1) is 8.81. The van der Waals surface area contributed by atoms with Gasteiger partial charge >= 0.3 is 63.0 Å². The first-order chi connectivity index (χ1) is 3.63. The van der Waals surface area contributed by atoms with E-state index in [1.54, 1.807) is 0 Å². The molecule has 0 aromatic rings.